The summed E-state index contributed by atoms with van der Waals surface area (Å²) < 4.78 is 0. The Morgan fingerprint density at radius 1 is 0.615 bits per heavy atom. The van der Waals surface area contributed by atoms with E-state index in [1.807, 2.05) is 60.7 Å². The standard InChI is InChI=1S/C22H16ClN3/c23-22-25-20(17-10-5-2-6-11-17)15-24-21(26-22)19-13-7-12-18(14-19)16-8-3-1-4-9-16/h1-14H,15H2. The zero-order valence-corrected chi connectivity index (χ0v) is 14.8. The van der Waals surface area contributed by atoms with Crippen molar-refractivity contribution in [2.24, 2.45) is 15.0 Å². The third kappa shape index (κ3) is 3.63. The molecule has 0 amide bonds. The monoisotopic (exact) mass is 357 g/mol. The van der Waals surface area contributed by atoms with Crippen LogP contribution in [0.5, 0.6) is 0 Å². The Balaban J connectivity index is 1.67. The van der Waals surface area contributed by atoms with Crippen molar-refractivity contribution in [3.05, 3.63) is 96.1 Å². The minimum atomic E-state index is 0.199. The molecule has 3 aromatic carbocycles. The molecule has 0 aliphatic carbocycles. The molecule has 26 heavy (non-hydrogen) atoms. The van der Waals surface area contributed by atoms with Gasteiger partial charge in [-0.15, -0.1) is 0 Å². The maximum atomic E-state index is 6.25. The Bertz CT molecular complexity index is 1010. The largest absolute Gasteiger partial charge is 0.260 e. The van der Waals surface area contributed by atoms with Crippen LogP contribution in [-0.2, 0) is 0 Å². The molecule has 0 saturated carbocycles. The molecular formula is C22H16ClN3. The lowest BCUT2D eigenvalue weighted by atomic mass is 10.0. The van der Waals surface area contributed by atoms with Gasteiger partial charge in [-0.1, -0.05) is 78.9 Å². The van der Waals surface area contributed by atoms with E-state index in [0.29, 0.717) is 12.4 Å². The molecule has 4 heteroatoms. The van der Waals surface area contributed by atoms with Gasteiger partial charge in [0.2, 0.25) is 5.29 Å². The maximum absolute atomic E-state index is 6.25. The molecule has 0 atom stereocenters. The van der Waals surface area contributed by atoms with E-state index in [1.54, 1.807) is 0 Å². The molecule has 126 valence electrons. The van der Waals surface area contributed by atoms with Crippen molar-refractivity contribution in [1.82, 2.24) is 0 Å². The average molecular weight is 358 g/mol. The fraction of sp³-hybridized carbons (Fsp3) is 0.0455. The summed E-state index contributed by atoms with van der Waals surface area (Å²) in [4.78, 5) is 13.5. The summed E-state index contributed by atoms with van der Waals surface area (Å²) >= 11 is 6.25. The van der Waals surface area contributed by atoms with Gasteiger partial charge >= 0.3 is 0 Å². The normalized spacial score (nSPS) is 14.1. The van der Waals surface area contributed by atoms with Gasteiger partial charge in [-0.05, 0) is 34.4 Å². The smallest absolute Gasteiger partial charge is 0.224 e. The molecule has 3 aromatic rings. The highest BCUT2D eigenvalue weighted by atomic mass is 35.5. The van der Waals surface area contributed by atoms with Crippen LogP contribution in [0.15, 0.2) is 99.9 Å². The van der Waals surface area contributed by atoms with E-state index in [4.69, 9.17) is 11.6 Å². The number of rotatable bonds is 3. The first kappa shape index (κ1) is 16.4. The van der Waals surface area contributed by atoms with Crippen molar-refractivity contribution in [1.29, 1.82) is 0 Å². The minimum Gasteiger partial charge on any atom is -0.260 e. The fourth-order valence-electron chi connectivity index (χ4n) is 2.85. The summed E-state index contributed by atoms with van der Waals surface area (Å²) in [5.74, 6) is 0.600. The maximum Gasteiger partial charge on any atom is 0.224 e. The van der Waals surface area contributed by atoms with E-state index in [0.717, 1.165) is 28.0 Å². The second-order valence-electron chi connectivity index (χ2n) is 5.89. The van der Waals surface area contributed by atoms with Crippen molar-refractivity contribution >= 4 is 28.4 Å². The minimum absolute atomic E-state index is 0.199. The second-order valence-corrected chi connectivity index (χ2v) is 6.23. The SMILES string of the molecule is ClC1=NC(c2cccc(-c3ccccc3)c2)=NCC(c2ccccc2)=N1. The number of nitrogens with zero attached hydrogens (tertiary/aromatic N) is 3. The molecule has 1 aliphatic rings. The van der Waals surface area contributed by atoms with Crippen LogP contribution >= 0.6 is 11.6 Å². The first-order chi connectivity index (χ1) is 12.8. The lowest BCUT2D eigenvalue weighted by Crippen LogP contribution is -2.06. The summed E-state index contributed by atoms with van der Waals surface area (Å²) in [6, 6.07) is 28.3. The number of hydrogen-bond donors (Lipinski definition) is 0. The Hall–Kier alpha value is -3.04. The van der Waals surface area contributed by atoms with E-state index in [1.165, 1.54) is 0 Å². The number of amidine groups is 2. The van der Waals surface area contributed by atoms with E-state index in [9.17, 15) is 0 Å². The van der Waals surface area contributed by atoms with Crippen LogP contribution in [0.3, 0.4) is 0 Å². The molecule has 0 N–H and O–H groups in total. The summed E-state index contributed by atoms with van der Waals surface area (Å²) in [7, 11) is 0. The van der Waals surface area contributed by atoms with Crippen LogP contribution in [0.2, 0.25) is 0 Å². The first-order valence-electron chi connectivity index (χ1n) is 8.37. The van der Waals surface area contributed by atoms with E-state index < -0.39 is 0 Å². The molecule has 0 unspecified atom stereocenters. The molecule has 0 saturated heterocycles. The molecule has 0 spiro atoms. The van der Waals surface area contributed by atoms with Crippen molar-refractivity contribution in [3.8, 4) is 11.1 Å². The van der Waals surface area contributed by atoms with Crippen LogP contribution in [0, 0.1) is 0 Å². The zero-order valence-electron chi connectivity index (χ0n) is 14.0. The topological polar surface area (TPSA) is 37.1 Å². The quantitative estimate of drug-likeness (QED) is 0.578. The highest BCUT2D eigenvalue weighted by Gasteiger charge is 2.12. The predicted octanol–water partition coefficient (Wildman–Crippen LogP) is 5.20. The van der Waals surface area contributed by atoms with Gasteiger partial charge in [0.15, 0.2) is 5.84 Å². The lowest BCUT2D eigenvalue weighted by molar-refractivity contribution is 1.28. The van der Waals surface area contributed by atoms with Crippen LogP contribution in [-0.4, -0.2) is 23.4 Å². The Morgan fingerprint density at radius 3 is 1.96 bits per heavy atom. The van der Waals surface area contributed by atoms with Crippen molar-refractivity contribution in [3.63, 3.8) is 0 Å². The molecule has 0 aromatic heterocycles. The summed E-state index contributed by atoms with van der Waals surface area (Å²) in [5.41, 5.74) is 5.01. The summed E-state index contributed by atoms with van der Waals surface area (Å²) in [6.45, 7) is 0.439. The molecule has 0 fully saturated rings. The van der Waals surface area contributed by atoms with Gasteiger partial charge in [-0.2, -0.15) is 4.99 Å². The van der Waals surface area contributed by atoms with Crippen LogP contribution in [0.4, 0.5) is 0 Å². The Labute approximate surface area is 157 Å². The molecule has 1 aliphatic heterocycles. The van der Waals surface area contributed by atoms with Gasteiger partial charge in [-0.25, -0.2) is 4.99 Å². The van der Waals surface area contributed by atoms with Gasteiger partial charge < -0.3 is 0 Å². The molecule has 0 bridgehead atoms. The molecular weight excluding hydrogens is 342 g/mol. The molecule has 1 heterocycles. The third-order valence-corrected chi connectivity index (χ3v) is 4.31. The van der Waals surface area contributed by atoms with E-state index in [2.05, 4.69) is 39.2 Å². The van der Waals surface area contributed by atoms with Crippen LogP contribution < -0.4 is 0 Å². The number of aliphatic imine (C=N–C) groups is 3. The van der Waals surface area contributed by atoms with Crippen LogP contribution in [0.25, 0.3) is 11.1 Å². The van der Waals surface area contributed by atoms with Crippen LogP contribution in [0.1, 0.15) is 11.1 Å². The predicted molar refractivity (Wildman–Crippen MR) is 110 cm³/mol. The second kappa shape index (κ2) is 7.46. The van der Waals surface area contributed by atoms with Gasteiger partial charge in [-0.3, -0.25) is 4.99 Å². The summed E-state index contributed by atoms with van der Waals surface area (Å²) in [6.07, 6.45) is 0. The van der Waals surface area contributed by atoms with Crippen molar-refractivity contribution in [2.45, 2.75) is 0 Å². The van der Waals surface area contributed by atoms with Crippen molar-refractivity contribution < 1.29 is 0 Å². The Morgan fingerprint density at radius 2 is 1.23 bits per heavy atom. The molecule has 0 radical (unpaired) electrons. The van der Waals surface area contributed by atoms with Gasteiger partial charge in [0.25, 0.3) is 0 Å². The molecule has 3 nitrogen and oxygen atoms in total. The van der Waals surface area contributed by atoms with Crippen molar-refractivity contribution in [2.75, 3.05) is 6.54 Å². The average Bonchev–Trinajstić information content (AvgIpc) is 2.91. The molecule has 4 rings (SSSR count). The lowest BCUT2D eigenvalue weighted by Gasteiger charge is -2.05. The van der Waals surface area contributed by atoms with Gasteiger partial charge in [0.05, 0.1) is 12.3 Å². The first-order valence-corrected chi connectivity index (χ1v) is 8.75. The number of hydrogen-bond acceptors (Lipinski definition) is 3. The van der Waals surface area contributed by atoms with E-state index >= 15 is 0 Å². The fourth-order valence-corrected chi connectivity index (χ4v) is 3.04. The summed E-state index contributed by atoms with van der Waals surface area (Å²) in [5, 5.41) is 0.199. The van der Waals surface area contributed by atoms with Gasteiger partial charge in [0, 0.05) is 5.56 Å². The van der Waals surface area contributed by atoms with E-state index in [-0.39, 0.29) is 5.29 Å². The third-order valence-electron chi connectivity index (χ3n) is 4.14. The Kier molecular flexibility index (Phi) is 4.71. The highest BCUT2D eigenvalue weighted by Crippen LogP contribution is 2.21. The number of halogens is 1. The highest BCUT2D eigenvalue weighted by molar-refractivity contribution is 6.66. The zero-order chi connectivity index (χ0) is 17.8. The number of benzene rings is 3. The van der Waals surface area contributed by atoms with Gasteiger partial charge in [0.1, 0.15) is 0 Å².